The Hall–Kier alpha value is -0.770. The van der Waals surface area contributed by atoms with Crippen molar-refractivity contribution in [3.05, 3.63) is 11.6 Å². The van der Waals surface area contributed by atoms with Crippen LogP contribution in [0.2, 0.25) is 0 Å². The van der Waals surface area contributed by atoms with Crippen LogP contribution in [0, 0.1) is 12.3 Å². The van der Waals surface area contributed by atoms with Gasteiger partial charge in [-0.15, -0.1) is 6.42 Å². The van der Waals surface area contributed by atoms with Gasteiger partial charge in [0.2, 0.25) is 0 Å². The highest BCUT2D eigenvalue weighted by atomic mass is 19.1. The summed E-state index contributed by atoms with van der Waals surface area (Å²) < 4.78 is 12.5. The molecule has 0 saturated carbocycles. The third-order valence-electron chi connectivity index (χ3n) is 1.55. The van der Waals surface area contributed by atoms with Crippen LogP contribution in [-0.4, -0.2) is 6.17 Å². The zero-order valence-corrected chi connectivity index (χ0v) is 5.23. The molecule has 0 heterocycles. The van der Waals surface area contributed by atoms with Crippen molar-refractivity contribution in [3.63, 3.8) is 0 Å². The molecule has 0 spiro atoms. The van der Waals surface area contributed by atoms with Gasteiger partial charge in [0.25, 0.3) is 0 Å². The van der Waals surface area contributed by atoms with Crippen molar-refractivity contribution in [1.82, 2.24) is 0 Å². The van der Waals surface area contributed by atoms with E-state index >= 15 is 0 Å². The summed E-state index contributed by atoms with van der Waals surface area (Å²) in [6, 6.07) is 0. The zero-order chi connectivity index (χ0) is 6.69. The van der Waals surface area contributed by atoms with Crippen LogP contribution in [0.15, 0.2) is 11.6 Å². The molecule has 1 heteroatoms. The first kappa shape index (κ1) is 6.35. The molecule has 1 aliphatic rings. The highest BCUT2D eigenvalue weighted by Crippen LogP contribution is 2.21. The van der Waals surface area contributed by atoms with Crippen LogP contribution < -0.4 is 0 Å². The molecule has 0 radical (unpaired) electrons. The minimum absolute atomic E-state index is 0.803. The van der Waals surface area contributed by atoms with Crippen molar-refractivity contribution in [2.45, 2.75) is 25.4 Å². The lowest BCUT2D eigenvalue weighted by Gasteiger charge is -1.98. The Morgan fingerprint density at radius 2 is 2.56 bits per heavy atom. The Morgan fingerprint density at radius 1 is 1.78 bits per heavy atom. The van der Waals surface area contributed by atoms with Crippen LogP contribution in [0.3, 0.4) is 0 Å². The molecule has 1 aliphatic carbocycles. The minimum atomic E-state index is -1.12. The lowest BCUT2D eigenvalue weighted by molar-refractivity contribution is 0.456. The minimum Gasteiger partial charge on any atom is -0.228 e. The largest absolute Gasteiger partial charge is 0.228 e. The second-order valence-electron chi connectivity index (χ2n) is 2.20. The van der Waals surface area contributed by atoms with Crippen LogP contribution in [0.25, 0.3) is 0 Å². The Kier molecular flexibility index (Phi) is 1.89. The fourth-order valence-corrected chi connectivity index (χ4v) is 1.03. The molecule has 1 unspecified atom stereocenters. The van der Waals surface area contributed by atoms with Gasteiger partial charge in [-0.1, -0.05) is 12.0 Å². The van der Waals surface area contributed by atoms with Crippen molar-refractivity contribution < 1.29 is 4.39 Å². The van der Waals surface area contributed by atoms with Gasteiger partial charge in [0.15, 0.2) is 6.17 Å². The Balaban J connectivity index is 2.53. The third-order valence-corrected chi connectivity index (χ3v) is 1.55. The van der Waals surface area contributed by atoms with E-state index in [0.717, 1.165) is 24.8 Å². The number of rotatable bonds is 1. The van der Waals surface area contributed by atoms with E-state index in [1.54, 1.807) is 0 Å². The van der Waals surface area contributed by atoms with E-state index in [4.69, 9.17) is 6.42 Å². The van der Waals surface area contributed by atoms with Gasteiger partial charge in [-0.05, 0) is 24.8 Å². The summed E-state index contributed by atoms with van der Waals surface area (Å²) in [5.41, 5.74) is 0.803. The number of terminal acetylenes is 1. The van der Waals surface area contributed by atoms with Gasteiger partial charge in [-0.25, -0.2) is 4.39 Å². The van der Waals surface area contributed by atoms with Crippen LogP contribution in [0.5, 0.6) is 0 Å². The van der Waals surface area contributed by atoms with E-state index in [0.29, 0.717) is 0 Å². The van der Waals surface area contributed by atoms with E-state index in [1.807, 2.05) is 6.08 Å². The average Bonchev–Trinajstić information content (AvgIpc) is 2.37. The van der Waals surface area contributed by atoms with Gasteiger partial charge >= 0.3 is 0 Å². The predicted molar refractivity (Wildman–Crippen MR) is 35.7 cm³/mol. The van der Waals surface area contributed by atoms with Gasteiger partial charge in [-0.2, -0.15) is 0 Å². The molecule has 0 aromatic carbocycles. The predicted octanol–water partition coefficient (Wildman–Crippen LogP) is 2.07. The van der Waals surface area contributed by atoms with Gasteiger partial charge < -0.3 is 0 Å². The molecule has 1 atom stereocenters. The summed E-state index contributed by atoms with van der Waals surface area (Å²) in [5, 5.41) is 0. The van der Waals surface area contributed by atoms with Crippen molar-refractivity contribution in [1.29, 1.82) is 0 Å². The number of allylic oxidation sites excluding steroid dienone is 2. The van der Waals surface area contributed by atoms with Crippen molar-refractivity contribution in [2.24, 2.45) is 0 Å². The maximum atomic E-state index is 12.5. The smallest absolute Gasteiger partial charge is 0.181 e. The SMILES string of the molecule is C#CC(F)C1=CCCC1. The van der Waals surface area contributed by atoms with Gasteiger partial charge in [-0.3, -0.25) is 0 Å². The topological polar surface area (TPSA) is 0 Å². The zero-order valence-electron chi connectivity index (χ0n) is 5.23. The third kappa shape index (κ3) is 1.32. The van der Waals surface area contributed by atoms with Gasteiger partial charge in [0.1, 0.15) is 0 Å². The molecule has 0 saturated heterocycles. The molecule has 9 heavy (non-hydrogen) atoms. The van der Waals surface area contributed by atoms with Gasteiger partial charge in [0, 0.05) is 0 Å². The van der Waals surface area contributed by atoms with Crippen molar-refractivity contribution in [3.8, 4) is 12.3 Å². The molecular weight excluding hydrogens is 115 g/mol. The van der Waals surface area contributed by atoms with Crippen LogP contribution in [0.4, 0.5) is 4.39 Å². The molecule has 0 bridgehead atoms. The van der Waals surface area contributed by atoms with E-state index in [-0.39, 0.29) is 0 Å². The molecule has 0 amide bonds. The summed E-state index contributed by atoms with van der Waals surface area (Å²) in [6.07, 6.45) is 8.59. The van der Waals surface area contributed by atoms with Crippen LogP contribution in [-0.2, 0) is 0 Å². The van der Waals surface area contributed by atoms with E-state index in [1.165, 1.54) is 0 Å². The molecular formula is C8H9F. The summed E-state index contributed by atoms with van der Waals surface area (Å²) in [5.74, 6) is 2.07. The highest BCUT2D eigenvalue weighted by Gasteiger charge is 2.12. The Labute approximate surface area is 54.8 Å². The molecule has 0 aromatic heterocycles. The number of alkyl halides is 1. The number of hydrogen-bond donors (Lipinski definition) is 0. The second kappa shape index (κ2) is 2.68. The lowest BCUT2D eigenvalue weighted by Crippen LogP contribution is -1.97. The van der Waals surface area contributed by atoms with E-state index in [9.17, 15) is 4.39 Å². The van der Waals surface area contributed by atoms with Crippen LogP contribution in [0.1, 0.15) is 19.3 Å². The van der Waals surface area contributed by atoms with Crippen molar-refractivity contribution >= 4 is 0 Å². The lowest BCUT2D eigenvalue weighted by atomic mass is 10.1. The van der Waals surface area contributed by atoms with Crippen LogP contribution >= 0.6 is 0 Å². The highest BCUT2D eigenvalue weighted by molar-refractivity contribution is 5.21. The number of hydrogen-bond acceptors (Lipinski definition) is 0. The molecule has 1 rings (SSSR count). The molecule has 0 aromatic rings. The summed E-state index contributed by atoms with van der Waals surface area (Å²) >= 11 is 0. The first-order valence-corrected chi connectivity index (χ1v) is 3.13. The number of halogens is 1. The fraction of sp³-hybridized carbons (Fsp3) is 0.500. The normalized spacial score (nSPS) is 20.7. The molecule has 0 N–H and O–H groups in total. The molecule has 0 nitrogen and oxygen atoms in total. The molecule has 0 fully saturated rings. The Bertz CT molecular complexity index is 162. The second-order valence-corrected chi connectivity index (χ2v) is 2.20. The average molecular weight is 124 g/mol. The molecule has 48 valence electrons. The fourth-order valence-electron chi connectivity index (χ4n) is 1.03. The first-order chi connectivity index (χ1) is 4.34. The molecule has 0 aliphatic heterocycles. The maximum Gasteiger partial charge on any atom is 0.181 e. The van der Waals surface area contributed by atoms with E-state index in [2.05, 4.69) is 5.92 Å². The Morgan fingerprint density at radius 3 is 3.00 bits per heavy atom. The quantitative estimate of drug-likeness (QED) is 0.371. The summed E-state index contributed by atoms with van der Waals surface area (Å²) in [4.78, 5) is 0. The summed E-state index contributed by atoms with van der Waals surface area (Å²) in [6.45, 7) is 0. The van der Waals surface area contributed by atoms with E-state index < -0.39 is 6.17 Å². The first-order valence-electron chi connectivity index (χ1n) is 3.13. The summed E-state index contributed by atoms with van der Waals surface area (Å²) in [7, 11) is 0. The van der Waals surface area contributed by atoms with Gasteiger partial charge in [0.05, 0.1) is 0 Å². The van der Waals surface area contributed by atoms with Crippen molar-refractivity contribution in [2.75, 3.05) is 0 Å². The maximum absolute atomic E-state index is 12.5. The standard InChI is InChI=1S/C8H9F/c1-2-8(9)7-5-3-4-6-7/h1,5,8H,3-4,6H2. The monoisotopic (exact) mass is 124 g/mol.